The Balaban J connectivity index is 2.26. The van der Waals surface area contributed by atoms with E-state index in [2.05, 4.69) is 32.0 Å². The normalized spacial score (nSPS) is 10.2. The van der Waals surface area contributed by atoms with Crippen LogP contribution in [0, 0.1) is 0 Å². The van der Waals surface area contributed by atoms with Crippen molar-refractivity contribution in [3.8, 4) is 11.5 Å². The molecule has 2 rings (SSSR count). The second kappa shape index (κ2) is 5.53. The van der Waals surface area contributed by atoms with Crippen molar-refractivity contribution < 1.29 is 4.74 Å². The Morgan fingerprint density at radius 1 is 0.882 bits per heavy atom. The van der Waals surface area contributed by atoms with Crippen LogP contribution in [0.15, 0.2) is 48.5 Å². The summed E-state index contributed by atoms with van der Waals surface area (Å²) in [5.41, 5.74) is 2.63. The van der Waals surface area contributed by atoms with Crippen LogP contribution in [0.2, 0.25) is 0 Å². The standard InChI is InChI=1S/C16H18O/c1-3-13-10-11-16(14(4-2)12-13)17-15-8-6-5-7-9-15/h5-12H,3-4H2,1-2H3. The molecule has 0 N–H and O–H groups in total. The van der Waals surface area contributed by atoms with Gasteiger partial charge in [-0.1, -0.05) is 44.2 Å². The third-order valence-corrected chi connectivity index (χ3v) is 2.89. The van der Waals surface area contributed by atoms with Crippen LogP contribution in [0.1, 0.15) is 25.0 Å². The monoisotopic (exact) mass is 226 g/mol. The van der Waals surface area contributed by atoms with Crippen molar-refractivity contribution in [2.45, 2.75) is 26.7 Å². The summed E-state index contributed by atoms with van der Waals surface area (Å²) in [5.74, 6) is 1.86. The van der Waals surface area contributed by atoms with E-state index in [1.807, 2.05) is 30.3 Å². The molecule has 0 bridgehead atoms. The van der Waals surface area contributed by atoms with Gasteiger partial charge in [0.05, 0.1) is 0 Å². The molecule has 0 aliphatic heterocycles. The van der Waals surface area contributed by atoms with E-state index in [1.165, 1.54) is 11.1 Å². The van der Waals surface area contributed by atoms with Crippen molar-refractivity contribution >= 4 is 0 Å². The Morgan fingerprint density at radius 2 is 1.65 bits per heavy atom. The lowest BCUT2D eigenvalue weighted by Gasteiger charge is -2.11. The topological polar surface area (TPSA) is 9.23 Å². The molecule has 1 nitrogen and oxygen atoms in total. The van der Waals surface area contributed by atoms with Crippen LogP contribution in [-0.4, -0.2) is 0 Å². The first kappa shape index (κ1) is 11.7. The maximum atomic E-state index is 5.90. The number of hydrogen-bond donors (Lipinski definition) is 0. The van der Waals surface area contributed by atoms with E-state index >= 15 is 0 Å². The molecule has 2 aromatic rings. The lowest BCUT2D eigenvalue weighted by molar-refractivity contribution is 0.476. The molecule has 0 aliphatic rings. The Hall–Kier alpha value is -1.76. The molecule has 0 saturated carbocycles. The van der Waals surface area contributed by atoms with Crippen LogP contribution < -0.4 is 4.74 Å². The van der Waals surface area contributed by atoms with Gasteiger partial charge in [0.15, 0.2) is 0 Å². The Kier molecular flexibility index (Phi) is 3.81. The third-order valence-electron chi connectivity index (χ3n) is 2.89. The van der Waals surface area contributed by atoms with Gasteiger partial charge in [-0.05, 0) is 42.2 Å². The van der Waals surface area contributed by atoms with E-state index < -0.39 is 0 Å². The van der Waals surface area contributed by atoms with Crippen LogP contribution in [0.4, 0.5) is 0 Å². The van der Waals surface area contributed by atoms with Crippen LogP contribution in [0.25, 0.3) is 0 Å². The second-order valence-corrected chi connectivity index (χ2v) is 4.06. The highest BCUT2D eigenvalue weighted by molar-refractivity contribution is 5.40. The summed E-state index contributed by atoms with van der Waals surface area (Å²) in [6.07, 6.45) is 2.06. The van der Waals surface area contributed by atoms with E-state index in [1.54, 1.807) is 0 Å². The number of aryl methyl sites for hydroxylation is 2. The number of para-hydroxylation sites is 1. The zero-order valence-electron chi connectivity index (χ0n) is 10.4. The first-order valence-corrected chi connectivity index (χ1v) is 6.18. The molecule has 0 fully saturated rings. The zero-order valence-corrected chi connectivity index (χ0v) is 10.4. The summed E-state index contributed by atoms with van der Waals surface area (Å²) in [7, 11) is 0. The lowest BCUT2D eigenvalue weighted by Crippen LogP contribution is -1.92. The predicted octanol–water partition coefficient (Wildman–Crippen LogP) is 4.60. The molecule has 0 spiro atoms. The lowest BCUT2D eigenvalue weighted by atomic mass is 10.1. The molecule has 0 unspecified atom stereocenters. The quantitative estimate of drug-likeness (QED) is 0.740. The molecule has 0 radical (unpaired) electrons. The predicted molar refractivity (Wildman–Crippen MR) is 71.7 cm³/mol. The summed E-state index contributed by atoms with van der Waals surface area (Å²) in [5, 5.41) is 0. The molecule has 1 heteroatoms. The molecule has 0 saturated heterocycles. The van der Waals surface area contributed by atoms with Gasteiger partial charge in [-0.15, -0.1) is 0 Å². The minimum absolute atomic E-state index is 0.895. The minimum Gasteiger partial charge on any atom is -0.457 e. The van der Waals surface area contributed by atoms with E-state index in [-0.39, 0.29) is 0 Å². The van der Waals surface area contributed by atoms with Gasteiger partial charge in [-0.25, -0.2) is 0 Å². The number of benzene rings is 2. The van der Waals surface area contributed by atoms with Gasteiger partial charge in [0.25, 0.3) is 0 Å². The molecule has 2 aromatic carbocycles. The average molecular weight is 226 g/mol. The van der Waals surface area contributed by atoms with Crippen LogP contribution >= 0.6 is 0 Å². The summed E-state index contributed by atoms with van der Waals surface area (Å²) >= 11 is 0. The van der Waals surface area contributed by atoms with Gasteiger partial charge in [0.1, 0.15) is 11.5 Å². The Labute approximate surface area is 103 Å². The van der Waals surface area contributed by atoms with Crippen molar-refractivity contribution in [2.24, 2.45) is 0 Å². The molecule has 0 heterocycles. The highest BCUT2D eigenvalue weighted by Crippen LogP contribution is 2.26. The fraction of sp³-hybridized carbons (Fsp3) is 0.250. The Morgan fingerprint density at radius 3 is 2.29 bits per heavy atom. The van der Waals surface area contributed by atoms with E-state index in [9.17, 15) is 0 Å². The van der Waals surface area contributed by atoms with Crippen LogP contribution in [0.3, 0.4) is 0 Å². The zero-order chi connectivity index (χ0) is 12.1. The van der Waals surface area contributed by atoms with Crippen molar-refractivity contribution in [2.75, 3.05) is 0 Å². The van der Waals surface area contributed by atoms with Crippen LogP contribution in [-0.2, 0) is 12.8 Å². The molecule has 0 amide bonds. The Bertz CT molecular complexity index is 474. The summed E-state index contributed by atoms with van der Waals surface area (Å²) in [4.78, 5) is 0. The third kappa shape index (κ3) is 2.88. The second-order valence-electron chi connectivity index (χ2n) is 4.06. The number of ether oxygens (including phenoxy) is 1. The van der Waals surface area contributed by atoms with Gasteiger partial charge in [-0.2, -0.15) is 0 Å². The number of rotatable bonds is 4. The fourth-order valence-electron chi connectivity index (χ4n) is 1.84. The molecular weight excluding hydrogens is 208 g/mol. The van der Waals surface area contributed by atoms with Crippen molar-refractivity contribution in [3.63, 3.8) is 0 Å². The molecule has 17 heavy (non-hydrogen) atoms. The summed E-state index contributed by atoms with van der Waals surface area (Å²) in [6.45, 7) is 4.33. The first-order chi connectivity index (χ1) is 8.33. The molecule has 0 aromatic heterocycles. The van der Waals surface area contributed by atoms with Gasteiger partial charge in [-0.3, -0.25) is 0 Å². The largest absolute Gasteiger partial charge is 0.457 e. The highest BCUT2D eigenvalue weighted by Gasteiger charge is 2.04. The summed E-state index contributed by atoms with van der Waals surface area (Å²) in [6, 6.07) is 16.4. The smallest absolute Gasteiger partial charge is 0.130 e. The van der Waals surface area contributed by atoms with Gasteiger partial charge < -0.3 is 4.74 Å². The van der Waals surface area contributed by atoms with Crippen molar-refractivity contribution in [1.29, 1.82) is 0 Å². The average Bonchev–Trinajstić information content (AvgIpc) is 2.40. The van der Waals surface area contributed by atoms with E-state index in [0.717, 1.165) is 24.3 Å². The molecular formula is C16H18O. The maximum Gasteiger partial charge on any atom is 0.130 e. The van der Waals surface area contributed by atoms with Gasteiger partial charge >= 0.3 is 0 Å². The number of hydrogen-bond acceptors (Lipinski definition) is 1. The van der Waals surface area contributed by atoms with Gasteiger partial charge in [0, 0.05) is 0 Å². The molecule has 88 valence electrons. The van der Waals surface area contributed by atoms with Crippen LogP contribution in [0.5, 0.6) is 11.5 Å². The van der Waals surface area contributed by atoms with Crippen molar-refractivity contribution in [1.82, 2.24) is 0 Å². The fourth-order valence-corrected chi connectivity index (χ4v) is 1.84. The van der Waals surface area contributed by atoms with E-state index in [4.69, 9.17) is 4.74 Å². The maximum absolute atomic E-state index is 5.90. The highest BCUT2D eigenvalue weighted by atomic mass is 16.5. The van der Waals surface area contributed by atoms with Crippen molar-refractivity contribution in [3.05, 3.63) is 59.7 Å². The molecule has 0 aliphatic carbocycles. The minimum atomic E-state index is 0.895. The summed E-state index contributed by atoms with van der Waals surface area (Å²) < 4.78 is 5.90. The molecule has 0 atom stereocenters. The van der Waals surface area contributed by atoms with E-state index in [0.29, 0.717) is 0 Å². The van der Waals surface area contributed by atoms with Gasteiger partial charge in [0.2, 0.25) is 0 Å². The first-order valence-electron chi connectivity index (χ1n) is 6.18. The SMILES string of the molecule is CCc1ccc(Oc2ccccc2)c(CC)c1.